The summed E-state index contributed by atoms with van der Waals surface area (Å²) in [6.07, 6.45) is 24.9. The average Bonchev–Trinajstić information content (AvgIpc) is 2.94. The van der Waals surface area contributed by atoms with Crippen LogP contribution in [0.1, 0.15) is 143 Å². The van der Waals surface area contributed by atoms with Gasteiger partial charge in [-0.1, -0.05) is 97.6 Å². The van der Waals surface area contributed by atoms with Crippen molar-refractivity contribution in [3.05, 3.63) is 12.2 Å². The van der Waals surface area contributed by atoms with Crippen LogP contribution >= 0.6 is 0 Å². The molecule has 0 rings (SSSR count). The monoisotopic (exact) mass is 582 g/mol. The van der Waals surface area contributed by atoms with Crippen LogP contribution in [0.5, 0.6) is 0 Å². The number of carbonyl (C=O) groups is 3. The molecule has 0 aromatic heterocycles. The molecule has 0 amide bonds. The summed E-state index contributed by atoms with van der Waals surface area (Å²) in [5.74, 6) is -3.91. The second kappa shape index (κ2) is 24.7. The molecule has 3 unspecified atom stereocenters. The lowest BCUT2D eigenvalue weighted by Crippen LogP contribution is -2.52. The van der Waals surface area contributed by atoms with E-state index in [2.05, 4.69) is 19.1 Å². The number of quaternary nitrogens is 1. The molecule has 0 heterocycles. The number of allylic oxidation sites excluding steroid dienone is 2. The maximum absolute atomic E-state index is 11.5. The standard InChI is InChI=1S/C34H63NO6/c1-5-6-7-8-9-10-11-12-13-14-15-16-17-18-19-20-21-25-35(26-22-29(2)32(36)37,27-23-30(3)33(38)39)28-24-31(4)34(40)41/h11-12,29-31H,5-10,13-28H2,1-4H3,(H2-,36,37,38,39,40,41)/p+1/b12-11+. The number of rotatable bonds is 29. The maximum atomic E-state index is 11.5. The Labute approximate surface area is 251 Å². The van der Waals surface area contributed by atoms with Gasteiger partial charge in [-0.2, -0.15) is 0 Å². The predicted octanol–water partition coefficient (Wildman–Crippen LogP) is 8.56. The van der Waals surface area contributed by atoms with Gasteiger partial charge in [-0.25, -0.2) is 0 Å². The molecule has 0 fully saturated rings. The minimum atomic E-state index is -0.824. The second-order valence-corrected chi connectivity index (χ2v) is 12.6. The summed E-state index contributed by atoms with van der Waals surface area (Å²) in [6.45, 7) is 10.1. The molecule has 0 aromatic rings. The van der Waals surface area contributed by atoms with Gasteiger partial charge in [0.25, 0.3) is 0 Å². The number of hydrogen-bond acceptors (Lipinski definition) is 3. The zero-order valence-electron chi connectivity index (χ0n) is 27.0. The van der Waals surface area contributed by atoms with Gasteiger partial charge in [0.05, 0.1) is 43.9 Å². The van der Waals surface area contributed by atoms with E-state index < -0.39 is 35.7 Å². The predicted molar refractivity (Wildman–Crippen MR) is 168 cm³/mol. The van der Waals surface area contributed by atoms with Crippen LogP contribution in [-0.4, -0.2) is 63.9 Å². The fourth-order valence-corrected chi connectivity index (χ4v) is 5.32. The van der Waals surface area contributed by atoms with Crippen LogP contribution in [0.4, 0.5) is 0 Å². The third-order valence-electron chi connectivity index (χ3n) is 8.77. The average molecular weight is 583 g/mol. The van der Waals surface area contributed by atoms with Crippen molar-refractivity contribution in [1.82, 2.24) is 0 Å². The molecule has 41 heavy (non-hydrogen) atoms. The highest BCUT2D eigenvalue weighted by atomic mass is 16.4. The Morgan fingerprint density at radius 3 is 1.17 bits per heavy atom. The van der Waals surface area contributed by atoms with E-state index >= 15 is 0 Å². The van der Waals surface area contributed by atoms with Gasteiger partial charge in [-0.15, -0.1) is 0 Å². The quantitative estimate of drug-likeness (QED) is 0.0463. The van der Waals surface area contributed by atoms with Crippen molar-refractivity contribution >= 4 is 17.9 Å². The summed E-state index contributed by atoms with van der Waals surface area (Å²) in [5, 5.41) is 28.3. The molecule has 0 bridgehead atoms. The van der Waals surface area contributed by atoms with Gasteiger partial charge < -0.3 is 19.8 Å². The molecule has 7 nitrogen and oxygen atoms in total. The molecule has 0 saturated carbocycles. The van der Waals surface area contributed by atoms with Crippen molar-refractivity contribution in [2.75, 3.05) is 26.2 Å². The van der Waals surface area contributed by atoms with Crippen molar-refractivity contribution in [2.24, 2.45) is 17.8 Å². The van der Waals surface area contributed by atoms with Crippen LogP contribution in [0.2, 0.25) is 0 Å². The Bertz CT molecular complexity index is 662. The molecule has 7 heteroatoms. The smallest absolute Gasteiger partial charge is 0.306 e. The number of unbranched alkanes of at least 4 members (excludes halogenated alkanes) is 13. The van der Waals surface area contributed by atoms with E-state index in [-0.39, 0.29) is 0 Å². The van der Waals surface area contributed by atoms with E-state index in [1.165, 1.54) is 83.5 Å². The summed E-state index contributed by atoms with van der Waals surface area (Å²) < 4.78 is 0.610. The van der Waals surface area contributed by atoms with Gasteiger partial charge >= 0.3 is 17.9 Å². The normalized spacial score (nSPS) is 15.4. The van der Waals surface area contributed by atoms with E-state index in [1.54, 1.807) is 20.8 Å². The molecule has 3 atom stereocenters. The Morgan fingerprint density at radius 2 is 0.829 bits per heavy atom. The molecule has 3 N–H and O–H groups in total. The van der Waals surface area contributed by atoms with Crippen LogP contribution in [0.3, 0.4) is 0 Å². The first-order chi connectivity index (χ1) is 19.5. The van der Waals surface area contributed by atoms with Crippen molar-refractivity contribution in [2.45, 2.75) is 143 Å². The number of nitrogens with zero attached hydrogens (tertiary/aromatic N) is 1. The maximum Gasteiger partial charge on any atom is 0.306 e. The van der Waals surface area contributed by atoms with Crippen LogP contribution in [0.25, 0.3) is 0 Å². The number of carboxylic acid groups (broad SMARTS) is 3. The number of hydrogen-bond donors (Lipinski definition) is 3. The summed E-state index contributed by atoms with van der Waals surface area (Å²) in [5.41, 5.74) is 0. The summed E-state index contributed by atoms with van der Waals surface area (Å²) in [7, 11) is 0. The van der Waals surface area contributed by atoms with Gasteiger partial charge in [-0.05, 0) is 38.5 Å². The number of carboxylic acids is 3. The molecular weight excluding hydrogens is 518 g/mol. The van der Waals surface area contributed by atoms with Crippen molar-refractivity contribution in [1.29, 1.82) is 0 Å². The van der Waals surface area contributed by atoms with Gasteiger partial charge in [0.2, 0.25) is 0 Å². The van der Waals surface area contributed by atoms with Gasteiger partial charge in [0.15, 0.2) is 0 Å². The van der Waals surface area contributed by atoms with E-state index in [1.807, 2.05) is 0 Å². The minimum absolute atomic E-state index is 0.479. The van der Waals surface area contributed by atoms with Gasteiger partial charge in [-0.3, -0.25) is 14.4 Å². The highest BCUT2D eigenvalue weighted by Crippen LogP contribution is 2.22. The van der Waals surface area contributed by atoms with Crippen molar-refractivity contribution < 1.29 is 34.2 Å². The minimum Gasteiger partial charge on any atom is -0.481 e. The van der Waals surface area contributed by atoms with E-state index in [9.17, 15) is 29.7 Å². The lowest BCUT2D eigenvalue weighted by Gasteiger charge is -2.40. The zero-order valence-corrected chi connectivity index (χ0v) is 27.0. The van der Waals surface area contributed by atoms with Crippen LogP contribution < -0.4 is 0 Å². The Balaban J connectivity index is 4.59. The largest absolute Gasteiger partial charge is 0.481 e. The molecular formula is C34H64NO6+. The van der Waals surface area contributed by atoms with E-state index in [4.69, 9.17) is 0 Å². The third-order valence-corrected chi connectivity index (χ3v) is 8.77. The fraction of sp³-hybridized carbons (Fsp3) is 0.853. The third kappa shape index (κ3) is 21.5. The molecule has 0 aliphatic heterocycles. The van der Waals surface area contributed by atoms with Crippen LogP contribution in [0.15, 0.2) is 12.2 Å². The molecule has 0 aliphatic carbocycles. The molecule has 0 radical (unpaired) electrons. The fourth-order valence-electron chi connectivity index (χ4n) is 5.32. The first-order valence-corrected chi connectivity index (χ1v) is 16.7. The molecule has 240 valence electrons. The molecule has 0 aromatic carbocycles. The summed E-state index contributed by atoms with van der Waals surface area (Å²) in [4.78, 5) is 34.5. The highest BCUT2D eigenvalue weighted by Gasteiger charge is 2.31. The Kier molecular flexibility index (Phi) is 23.5. The lowest BCUT2D eigenvalue weighted by atomic mass is 10.0. The Morgan fingerprint density at radius 1 is 0.512 bits per heavy atom. The first-order valence-electron chi connectivity index (χ1n) is 16.7. The zero-order chi connectivity index (χ0) is 30.9. The Hall–Kier alpha value is -1.89. The van der Waals surface area contributed by atoms with E-state index in [0.717, 1.165) is 19.4 Å². The molecule has 0 aliphatic rings. The van der Waals surface area contributed by atoms with Crippen molar-refractivity contribution in [3.63, 3.8) is 0 Å². The van der Waals surface area contributed by atoms with Gasteiger partial charge in [0, 0.05) is 19.3 Å². The summed E-state index contributed by atoms with van der Waals surface area (Å²) >= 11 is 0. The van der Waals surface area contributed by atoms with E-state index in [0.29, 0.717) is 43.4 Å². The van der Waals surface area contributed by atoms with Crippen molar-refractivity contribution in [3.8, 4) is 0 Å². The van der Waals surface area contributed by atoms with Crippen LogP contribution in [0, 0.1) is 17.8 Å². The van der Waals surface area contributed by atoms with Crippen LogP contribution in [-0.2, 0) is 14.4 Å². The molecule has 0 saturated heterocycles. The summed E-state index contributed by atoms with van der Waals surface area (Å²) in [6, 6.07) is 0. The van der Waals surface area contributed by atoms with Gasteiger partial charge in [0.1, 0.15) is 0 Å². The first kappa shape index (κ1) is 39.1. The topological polar surface area (TPSA) is 112 Å². The SMILES string of the molecule is CCCCCCC/C=C/CCCCCCCCCC[N+](CCC(C)C(=O)O)(CCC(C)C(=O)O)CCC(C)C(=O)O. The lowest BCUT2D eigenvalue weighted by molar-refractivity contribution is -0.929. The molecule has 0 spiro atoms. The highest BCUT2D eigenvalue weighted by molar-refractivity contribution is 5.70. The second-order valence-electron chi connectivity index (χ2n) is 12.6. The number of aliphatic carboxylic acids is 3.